The summed E-state index contributed by atoms with van der Waals surface area (Å²) in [7, 11) is 1.66. The maximum atomic E-state index is 5.21. The summed E-state index contributed by atoms with van der Waals surface area (Å²) in [6.45, 7) is 1.30. The summed E-state index contributed by atoms with van der Waals surface area (Å²) in [5.74, 6) is 0. The summed E-state index contributed by atoms with van der Waals surface area (Å²) < 4.78 is 4.95. The number of methoxy groups -OCH3 is 1. The van der Waals surface area contributed by atoms with E-state index in [-0.39, 0.29) is 0 Å². The lowest BCUT2D eigenvalue weighted by atomic mass is 10.2. The van der Waals surface area contributed by atoms with E-state index in [4.69, 9.17) is 17.0 Å². The molecule has 0 aliphatic carbocycles. The van der Waals surface area contributed by atoms with Crippen molar-refractivity contribution in [1.29, 1.82) is 0 Å². The maximum Gasteiger partial charge on any atom is 0.170 e. The Morgan fingerprint density at radius 2 is 2.17 bits per heavy atom. The number of hydrogen-bond acceptors (Lipinski definition) is 3. The van der Waals surface area contributed by atoms with Gasteiger partial charge in [-0.25, -0.2) is 0 Å². The molecule has 1 aromatic heterocycles. The van der Waals surface area contributed by atoms with E-state index in [0.29, 0.717) is 18.3 Å². The molecule has 0 radical (unpaired) electrons. The highest BCUT2D eigenvalue weighted by molar-refractivity contribution is 7.80. The lowest BCUT2D eigenvalue weighted by molar-refractivity contribution is 0.204. The highest BCUT2D eigenvalue weighted by Gasteiger charge is 2.02. The van der Waals surface area contributed by atoms with E-state index in [9.17, 15) is 0 Å². The van der Waals surface area contributed by atoms with Crippen LogP contribution >= 0.6 is 12.2 Å². The van der Waals surface area contributed by atoms with Gasteiger partial charge in [0.05, 0.1) is 17.8 Å². The van der Waals surface area contributed by atoms with E-state index in [1.165, 1.54) is 0 Å². The van der Waals surface area contributed by atoms with E-state index >= 15 is 0 Å². The average Bonchev–Trinajstić information content (AvgIpc) is 2.39. The van der Waals surface area contributed by atoms with Crippen LogP contribution in [0.3, 0.4) is 0 Å². The molecule has 0 atom stereocenters. The molecule has 0 bridgehead atoms. The summed E-state index contributed by atoms with van der Waals surface area (Å²) in [6, 6.07) is 9.90. The standard InChI is InChI=1S/C13H15N3OS/c1-17-9-8-15-13(18)16-11-6-2-4-10-5-3-7-14-12(10)11/h2-7H,8-9H2,1H3,(H2,15,16,18). The van der Waals surface area contributed by atoms with Crippen molar-refractivity contribution in [3.63, 3.8) is 0 Å². The van der Waals surface area contributed by atoms with E-state index in [0.717, 1.165) is 16.6 Å². The van der Waals surface area contributed by atoms with Gasteiger partial charge in [0.15, 0.2) is 5.11 Å². The molecule has 0 aliphatic rings. The Bertz CT molecular complexity index is 539. The molecule has 2 N–H and O–H groups in total. The van der Waals surface area contributed by atoms with Crippen molar-refractivity contribution in [2.24, 2.45) is 0 Å². The second kappa shape index (κ2) is 6.28. The number of pyridine rings is 1. The number of anilines is 1. The summed E-state index contributed by atoms with van der Waals surface area (Å²) in [5.41, 5.74) is 1.82. The van der Waals surface area contributed by atoms with Crippen LogP contribution < -0.4 is 10.6 Å². The molecule has 2 aromatic rings. The first-order valence-electron chi connectivity index (χ1n) is 5.69. The molecule has 0 fully saturated rings. The SMILES string of the molecule is COCCNC(=S)Nc1cccc2cccnc12. The fourth-order valence-electron chi connectivity index (χ4n) is 1.64. The third-order valence-corrected chi connectivity index (χ3v) is 2.72. The van der Waals surface area contributed by atoms with Crippen LogP contribution in [0.1, 0.15) is 0 Å². The van der Waals surface area contributed by atoms with Gasteiger partial charge in [0.25, 0.3) is 0 Å². The molecule has 1 heterocycles. The van der Waals surface area contributed by atoms with Crippen molar-refractivity contribution in [3.05, 3.63) is 36.5 Å². The van der Waals surface area contributed by atoms with Gasteiger partial charge in [-0.15, -0.1) is 0 Å². The lowest BCUT2D eigenvalue weighted by Gasteiger charge is -2.11. The number of nitrogens with one attached hydrogen (secondary N) is 2. The molecular weight excluding hydrogens is 246 g/mol. The number of fused-ring (bicyclic) bond motifs is 1. The molecule has 0 unspecified atom stereocenters. The lowest BCUT2D eigenvalue weighted by Crippen LogP contribution is -2.31. The first kappa shape index (κ1) is 12.7. The largest absolute Gasteiger partial charge is 0.383 e. The van der Waals surface area contributed by atoms with Crippen LogP contribution in [0.15, 0.2) is 36.5 Å². The Hall–Kier alpha value is -1.72. The zero-order valence-electron chi connectivity index (χ0n) is 10.1. The highest BCUT2D eigenvalue weighted by atomic mass is 32.1. The minimum atomic E-state index is 0.574. The third kappa shape index (κ3) is 3.15. The molecule has 5 heteroatoms. The molecule has 0 saturated heterocycles. The van der Waals surface area contributed by atoms with Crippen LogP contribution in [0, 0.1) is 0 Å². The second-order valence-electron chi connectivity index (χ2n) is 3.75. The van der Waals surface area contributed by atoms with Gasteiger partial charge in [-0.2, -0.15) is 0 Å². The first-order chi connectivity index (χ1) is 8.81. The number of rotatable bonds is 4. The number of aromatic nitrogens is 1. The molecule has 4 nitrogen and oxygen atoms in total. The van der Waals surface area contributed by atoms with Gasteiger partial charge < -0.3 is 15.4 Å². The number of ether oxygens (including phenoxy) is 1. The van der Waals surface area contributed by atoms with Crippen LogP contribution in [-0.4, -0.2) is 30.4 Å². The Balaban J connectivity index is 2.09. The monoisotopic (exact) mass is 261 g/mol. The fourth-order valence-corrected chi connectivity index (χ4v) is 1.85. The van der Waals surface area contributed by atoms with E-state index in [1.807, 2.05) is 30.3 Å². The number of benzene rings is 1. The van der Waals surface area contributed by atoms with Crippen molar-refractivity contribution >= 4 is 33.9 Å². The van der Waals surface area contributed by atoms with Crippen LogP contribution in [0.5, 0.6) is 0 Å². The normalized spacial score (nSPS) is 10.3. The van der Waals surface area contributed by atoms with Gasteiger partial charge in [-0.3, -0.25) is 4.98 Å². The van der Waals surface area contributed by atoms with Gasteiger partial charge in [-0.05, 0) is 24.4 Å². The van der Waals surface area contributed by atoms with Gasteiger partial charge in [-0.1, -0.05) is 18.2 Å². The van der Waals surface area contributed by atoms with Gasteiger partial charge in [0.2, 0.25) is 0 Å². The third-order valence-electron chi connectivity index (χ3n) is 2.47. The fraction of sp³-hybridized carbons (Fsp3) is 0.231. The molecule has 0 aliphatic heterocycles. The van der Waals surface area contributed by atoms with E-state index in [1.54, 1.807) is 13.3 Å². The molecule has 0 saturated carbocycles. The highest BCUT2D eigenvalue weighted by Crippen LogP contribution is 2.20. The van der Waals surface area contributed by atoms with Crippen molar-refractivity contribution in [3.8, 4) is 0 Å². The number of para-hydroxylation sites is 1. The van der Waals surface area contributed by atoms with Gasteiger partial charge in [0, 0.05) is 25.2 Å². The zero-order chi connectivity index (χ0) is 12.8. The van der Waals surface area contributed by atoms with Crippen molar-refractivity contribution in [2.75, 3.05) is 25.6 Å². The molecule has 18 heavy (non-hydrogen) atoms. The van der Waals surface area contributed by atoms with E-state index in [2.05, 4.69) is 15.6 Å². The summed E-state index contributed by atoms with van der Waals surface area (Å²) >= 11 is 5.21. The molecular formula is C13H15N3OS. The number of hydrogen-bond donors (Lipinski definition) is 2. The zero-order valence-corrected chi connectivity index (χ0v) is 11.0. The Labute approximate surface area is 111 Å². The average molecular weight is 261 g/mol. The van der Waals surface area contributed by atoms with Crippen LogP contribution in [0.25, 0.3) is 10.9 Å². The van der Waals surface area contributed by atoms with Crippen molar-refractivity contribution in [1.82, 2.24) is 10.3 Å². The second-order valence-corrected chi connectivity index (χ2v) is 4.16. The minimum Gasteiger partial charge on any atom is -0.383 e. The molecule has 0 spiro atoms. The molecule has 0 amide bonds. The Kier molecular flexibility index (Phi) is 4.44. The molecule has 1 aromatic carbocycles. The van der Waals surface area contributed by atoms with Gasteiger partial charge in [0.1, 0.15) is 0 Å². The Morgan fingerprint density at radius 3 is 3.00 bits per heavy atom. The predicted octanol–water partition coefficient (Wildman–Crippen LogP) is 2.17. The number of thiocarbonyl (C=S) groups is 1. The smallest absolute Gasteiger partial charge is 0.170 e. The Morgan fingerprint density at radius 1 is 1.33 bits per heavy atom. The van der Waals surface area contributed by atoms with Crippen LogP contribution in [0.4, 0.5) is 5.69 Å². The number of nitrogens with zero attached hydrogens (tertiary/aromatic N) is 1. The summed E-state index contributed by atoms with van der Waals surface area (Å²) in [4.78, 5) is 4.36. The molecule has 94 valence electrons. The van der Waals surface area contributed by atoms with E-state index < -0.39 is 0 Å². The quantitative estimate of drug-likeness (QED) is 0.652. The summed E-state index contributed by atoms with van der Waals surface area (Å²) in [5, 5.41) is 7.87. The van der Waals surface area contributed by atoms with Crippen LogP contribution in [-0.2, 0) is 4.74 Å². The predicted molar refractivity (Wildman–Crippen MR) is 77.8 cm³/mol. The molecule has 2 rings (SSSR count). The maximum absolute atomic E-state index is 5.21. The first-order valence-corrected chi connectivity index (χ1v) is 6.09. The van der Waals surface area contributed by atoms with Crippen molar-refractivity contribution < 1.29 is 4.74 Å². The van der Waals surface area contributed by atoms with Crippen LogP contribution in [0.2, 0.25) is 0 Å². The summed E-state index contributed by atoms with van der Waals surface area (Å²) in [6.07, 6.45) is 1.77. The van der Waals surface area contributed by atoms with Gasteiger partial charge >= 0.3 is 0 Å². The topological polar surface area (TPSA) is 46.2 Å². The minimum absolute atomic E-state index is 0.574. The van der Waals surface area contributed by atoms with Crippen molar-refractivity contribution in [2.45, 2.75) is 0 Å².